The van der Waals surface area contributed by atoms with E-state index in [2.05, 4.69) is 15.1 Å². The van der Waals surface area contributed by atoms with Crippen LogP contribution in [-0.4, -0.2) is 90.2 Å². The Labute approximate surface area is 132 Å². The van der Waals surface area contributed by atoms with E-state index in [0.717, 1.165) is 26.2 Å². The third-order valence-electron chi connectivity index (χ3n) is 4.41. The van der Waals surface area contributed by atoms with Gasteiger partial charge in [0.2, 0.25) is 5.91 Å². The highest BCUT2D eigenvalue weighted by Gasteiger charge is 2.30. The monoisotopic (exact) mass is 312 g/mol. The third-order valence-corrected chi connectivity index (χ3v) is 4.41. The van der Waals surface area contributed by atoms with Crippen LogP contribution in [0.1, 0.15) is 20.8 Å². The minimum absolute atomic E-state index is 0.115. The van der Waals surface area contributed by atoms with Crippen LogP contribution in [0.2, 0.25) is 0 Å². The molecule has 7 heteroatoms. The number of urea groups is 1. The van der Waals surface area contributed by atoms with Crippen molar-refractivity contribution in [2.24, 2.45) is 5.41 Å². The van der Waals surface area contributed by atoms with Crippen molar-refractivity contribution in [3.8, 4) is 0 Å². The number of carbonyl (C=O) groups excluding carboxylic acids is 2. The fourth-order valence-electron chi connectivity index (χ4n) is 2.63. The number of β-amino-alcohol motifs (C(OH)–C–C–N with tert-alkyl or cyclic N) is 1. The van der Waals surface area contributed by atoms with Gasteiger partial charge in [0.05, 0.1) is 12.6 Å². The predicted molar refractivity (Wildman–Crippen MR) is 83.5 cm³/mol. The van der Waals surface area contributed by atoms with E-state index in [4.69, 9.17) is 0 Å². The summed E-state index contributed by atoms with van der Waals surface area (Å²) in [5.74, 6) is -0.127. The van der Waals surface area contributed by atoms with Crippen molar-refractivity contribution in [1.82, 2.24) is 20.0 Å². The Bertz CT molecular complexity index is 414. The highest BCUT2D eigenvalue weighted by atomic mass is 16.3. The largest absolute Gasteiger partial charge is 0.391 e. The van der Waals surface area contributed by atoms with Crippen molar-refractivity contribution < 1.29 is 14.7 Å². The summed E-state index contributed by atoms with van der Waals surface area (Å²) < 4.78 is 0. The number of aliphatic hydroxyl groups is 1. The molecule has 2 aliphatic heterocycles. The van der Waals surface area contributed by atoms with Crippen LogP contribution in [0, 0.1) is 5.41 Å². The highest BCUT2D eigenvalue weighted by Crippen LogP contribution is 2.20. The number of piperazine rings is 1. The standard InChI is InChI=1S/C15H28N4O3/c1-15(2,3)12(20)10-17-6-8-18(9-7-17)11-13(21)19-5-4-16-14(19)22/h12,20H,4-11H2,1-3H3,(H,16,22). The molecule has 0 aromatic rings. The SMILES string of the molecule is CC(C)(C)C(O)CN1CCN(CC(=O)N2CCNC2=O)CC1. The molecule has 1 unspecified atom stereocenters. The molecule has 1 atom stereocenters. The molecule has 2 rings (SSSR count). The maximum Gasteiger partial charge on any atom is 0.324 e. The Kier molecular flexibility index (Phi) is 5.41. The summed E-state index contributed by atoms with van der Waals surface area (Å²) in [6.45, 7) is 11.3. The summed E-state index contributed by atoms with van der Waals surface area (Å²) >= 11 is 0. The Hall–Kier alpha value is -1.18. The van der Waals surface area contributed by atoms with Gasteiger partial charge in [0.25, 0.3) is 0 Å². The van der Waals surface area contributed by atoms with Crippen LogP contribution in [0.3, 0.4) is 0 Å². The number of hydrogen-bond donors (Lipinski definition) is 2. The molecule has 0 radical (unpaired) electrons. The summed E-state index contributed by atoms with van der Waals surface area (Å²) in [7, 11) is 0. The lowest BCUT2D eigenvalue weighted by Gasteiger charge is -2.37. The maximum absolute atomic E-state index is 12.1. The molecule has 2 N–H and O–H groups in total. The zero-order valence-corrected chi connectivity index (χ0v) is 13.8. The van der Waals surface area contributed by atoms with E-state index in [9.17, 15) is 14.7 Å². The van der Waals surface area contributed by atoms with E-state index in [-0.39, 0.29) is 23.5 Å². The normalized spacial score (nSPS) is 22.7. The molecule has 0 bridgehead atoms. The molecule has 0 spiro atoms. The van der Waals surface area contributed by atoms with E-state index in [0.29, 0.717) is 26.2 Å². The zero-order chi connectivity index (χ0) is 16.3. The Morgan fingerprint density at radius 1 is 1.18 bits per heavy atom. The van der Waals surface area contributed by atoms with Gasteiger partial charge in [-0.15, -0.1) is 0 Å². The molecular weight excluding hydrogens is 284 g/mol. The molecule has 2 heterocycles. The van der Waals surface area contributed by atoms with Gasteiger partial charge < -0.3 is 10.4 Å². The van der Waals surface area contributed by atoms with Crippen LogP contribution in [0.5, 0.6) is 0 Å². The van der Waals surface area contributed by atoms with Crippen molar-refractivity contribution in [2.45, 2.75) is 26.9 Å². The predicted octanol–water partition coefficient (Wildman–Crippen LogP) is -0.437. The Morgan fingerprint density at radius 3 is 2.27 bits per heavy atom. The number of rotatable bonds is 4. The van der Waals surface area contributed by atoms with Gasteiger partial charge in [0, 0.05) is 45.8 Å². The molecule has 0 aliphatic carbocycles. The lowest BCUT2D eigenvalue weighted by atomic mass is 9.89. The molecule has 2 saturated heterocycles. The fourth-order valence-corrected chi connectivity index (χ4v) is 2.63. The molecule has 2 aliphatic rings. The highest BCUT2D eigenvalue weighted by molar-refractivity contribution is 5.96. The summed E-state index contributed by atoms with van der Waals surface area (Å²) in [6.07, 6.45) is -0.353. The number of aliphatic hydroxyl groups excluding tert-OH is 1. The first-order valence-corrected chi connectivity index (χ1v) is 7.98. The molecule has 0 saturated carbocycles. The molecule has 126 valence electrons. The van der Waals surface area contributed by atoms with Crippen LogP contribution < -0.4 is 5.32 Å². The van der Waals surface area contributed by atoms with E-state index >= 15 is 0 Å². The second-order valence-corrected chi connectivity index (χ2v) is 7.24. The van der Waals surface area contributed by atoms with Crippen molar-refractivity contribution in [3.05, 3.63) is 0 Å². The summed E-state index contributed by atoms with van der Waals surface area (Å²) in [6, 6.07) is -0.281. The van der Waals surface area contributed by atoms with Crippen molar-refractivity contribution >= 4 is 11.9 Å². The zero-order valence-electron chi connectivity index (χ0n) is 13.8. The number of amides is 3. The lowest BCUT2D eigenvalue weighted by Crippen LogP contribution is -2.52. The van der Waals surface area contributed by atoms with Gasteiger partial charge in [0.1, 0.15) is 0 Å². The Balaban J connectivity index is 1.73. The van der Waals surface area contributed by atoms with Gasteiger partial charge >= 0.3 is 6.03 Å². The van der Waals surface area contributed by atoms with Crippen LogP contribution >= 0.6 is 0 Å². The Morgan fingerprint density at radius 2 is 1.77 bits per heavy atom. The number of hydrogen-bond acceptors (Lipinski definition) is 5. The summed E-state index contributed by atoms with van der Waals surface area (Å²) in [5.41, 5.74) is -0.115. The van der Waals surface area contributed by atoms with Crippen LogP contribution in [-0.2, 0) is 4.79 Å². The average molecular weight is 312 g/mol. The first kappa shape index (κ1) is 17.2. The van der Waals surface area contributed by atoms with Gasteiger partial charge in [-0.2, -0.15) is 0 Å². The third kappa shape index (κ3) is 4.41. The molecule has 22 heavy (non-hydrogen) atoms. The van der Waals surface area contributed by atoms with Gasteiger partial charge in [-0.05, 0) is 5.41 Å². The number of imide groups is 1. The maximum atomic E-state index is 12.1. The number of nitrogens with zero attached hydrogens (tertiary/aromatic N) is 3. The van der Waals surface area contributed by atoms with Crippen molar-refractivity contribution in [1.29, 1.82) is 0 Å². The van der Waals surface area contributed by atoms with Crippen molar-refractivity contribution in [2.75, 3.05) is 52.4 Å². The van der Waals surface area contributed by atoms with Crippen molar-refractivity contribution in [3.63, 3.8) is 0 Å². The van der Waals surface area contributed by atoms with Gasteiger partial charge in [0.15, 0.2) is 0 Å². The van der Waals surface area contributed by atoms with Gasteiger partial charge in [-0.1, -0.05) is 20.8 Å². The lowest BCUT2D eigenvalue weighted by molar-refractivity contribution is -0.129. The molecule has 2 fully saturated rings. The molecule has 3 amide bonds. The smallest absolute Gasteiger partial charge is 0.324 e. The van der Waals surface area contributed by atoms with Gasteiger partial charge in [-0.25, -0.2) is 4.79 Å². The first-order valence-electron chi connectivity index (χ1n) is 7.98. The van der Waals surface area contributed by atoms with E-state index in [1.165, 1.54) is 4.90 Å². The fraction of sp³-hybridized carbons (Fsp3) is 0.867. The quantitative estimate of drug-likeness (QED) is 0.736. The second-order valence-electron chi connectivity index (χ2n) is 7.24. The minimum Gasteiger partial charge on any atom is -0.391 e. The summed E-state index contributed by atoms with van der Waals surface area (Å²) in [5, 5.41) is 12.8. The molecular formula is C15H28N4O3. The molecule has 7 nitrogen and oxygen atoms in total. The molecule has 0 aromatic carbocycles. The minimum atomic E-state index is -0.353. The second kappa shape index (κ2) is 6.93. The number of carbonyl (C=O) groups is 2. The number of nitrogens with one attached hydrogen (secondary N) is 1. The van der Waals surface area contributed by atoms with E-state index in [1.54, 1.807) is 0 Å². The van der Waals surface area contributed by atoms with Crippen LogP contribution in [0.4, 0.5) is 4.79 Å². The summed E-state index contributed by atoms with van der Waals surface area (Å²) in [4.78, 5) is 29.1. The molecule has 0 aromatic heterocycles. The average Bonchev–Trinajstić information content (AvgIpc) is 2.86. The van der Waals surface area contributed by atoms with E-state index in [1.807, 2.05) is 20.8 Å². The van der Waals surface area contributed by atoms with Crippen LogP contribution in [0.25, 0.3) is 0 Å². The first-order chi connectivity index (χ1) is 10.3. The topological polar surface area (TPSA) is 76.1 Å². The van der Waals surface area contributed by atoms with Crippen LogP contribution in [0.15, 0.2) is 0 Å². The van der Waals surface area contributed by atoms with Gasteiger partial charge in [-0.3, -0.25) is 19.5 Å². The van der Waals surface area contributed by atoms with E-state index < -0.39 is 0 Å².